The summed E-state index contributed by atoms with van der Waals surface area (Å²) in [6.07, 6.45) is 6.23. The molecule has 1 saturated heterocycles. The first-order chi connectivity index (χ1) is 13.3. The van der Waals surface area contributed by atoms with Crippen LogP contribution in [0.5, 0.6) is 0 Å². The number of hydrogen-bond acceptors (Lipinski definition) is 4. The van der Waals surface area contributed by atoms with E-state index in [9.17, 15) is 0 Å². The maximum Gasteiger partial charge on any atom is 0.191 e. The Hall–Kier alpha value is -1.53. The Kier molecular flexibility index (Phi) is 8.02. The molecule has 1 aromatic heterocycles. The van der Waals surface area contributed by atoms with E-state index in [2.05, 4.69) is 28.5 Å². The van der Waals surface area contributed by atoms with Crippen LogP contribution in [0.4, 0.5) is 0 Å². The molecule has 1 saturated carbocycles. The molecule has 27 heavy (non-hydrogen) atoms. The summed E-state index contributed by atoms with van der Waals surface area (Å²) in [6, 6.07) is 4.37. The van der Waals surface area contributed by atoms with Crippen molar-refractivity contribution in [3.63, 3.8) is 0 Å². The zero-order valence-corrected chi connectivity index (χ0v) is 17.0. The maximum atomic E-state index is 5.93. The average molecular weight is 377 g/mol. The molecular weight excluding hydrogens is 340 g/mol. The Labute approximate surface area is 163 Å². The number of ether oxygens (including phenoxy) is 1. The van der Waals surface area contributed by atoms with Gasteiger partial charge in [0.2, 0.25) is 0 Å². The molecule has 0 bridgehead atoms. The summed E-state index contributed by atoms with van der Waals surface area (Å²) in [4.78, 5) is 7.35. The van der Waals surface area contributed by atoms with E-state index < -0.39 is 0 Å². The molecule has 2 heterocycles. The van der Waals surface area contributed by atoms with Crippen LogP contribution in [-0.4, -0.2) is 56.8 Å². The van der Waals surface area contributed by atoms with Crippen molar-refractivity contribution >= 4 is 5.96 Å². The number of aliphatic imine (C=N–C) groups is 1. The van der Waals surface area contributed by atoms with Gasteiger partial charge in [-0.25, -0.2) is 0 Å². The molecule has 0 spiro atoms. The lowest BCUT2D eigenvalue weighted by atomic mass is 10.2. The Balaban J connectivity index is 1.48. The second-order valence-electron chi connectivity index (χ2n) is 7.73. The van der Waals surface area contributed by atoms with Gasteiger partial charge in [-0.3, -0.25) is 9.89 Å². The van der Waals surface area contributed by atoms with Gasteiger partial charge in [-0.2, -0.15) is 0 Å². The van der Waals surface area contributed by atoms with Crippen molar-refractivity contribution in [2.24, 2.45) is 10.9 Å². The molecule has 1 aromatic rings. The van der Waals surface area contributed by atoms with E-state index >= 15 is 0 Å². The second kappa shape index (κ2) is 10.7. The number of nitrogens with zero attached hydrogens (tertiary/aromatic N) is 2. The fraction of sp³-hybridized carbons (Fsp3) is 0.762. The highest BCUT2D eigenvalue weighted by molar-refractivity contribution is 5.79. The third-order valence-electron chi connectivity index (χ3n) is 5.25. The van der Waals surface area contributed by atoms with Gasteiger partial charge in [0.05, 0.1) is 12.6 Å². The molecule has 2 aliphatic rings. The van der Waals surface area contributed by atoms with Crippen molar-refractivity contribution in [1.82, 2.24) is 15.5 Å². The van der Waals surface area contributed by atoms with E-state index in [1.165, 1.54) is 25.7 Å². The first-order valence-electron chi connectivity index (χ1n) is 10.7. The minimum Gasteiger partial charge on any atom is -0.465 e. The second-order valence-corrected chi connectivity index (χ2v) is 7.73. The summed E-state index contributed by atoms with van der Waals surface area (Å²) < 4.78 is 11.6. The molecular formula is C21H36N4O2. The van der Waals surface area contributed by atoms with Crippen molar-refractivity contribution in [2.75, 3.05) is 45.9 Å². The summed E-state index contributed by atoms with van der Waals surface area (Å²) >= 11 is 0. The smallest absolute Gasteiger partial charge is 0.191 e. The van der Waals surface area contributed by atoms with Crippen LogP contribution in [0.25, 0.3) is 0 Å². The molecule has 1 aliphatic carbocycles. The van der Waals surface area contributed by atoms with Gasteiger partial charge in [0.15, 0.2) is 5.96 Å². The number of hydrogen-bond donors (Lipinski definition) is 2. The molecule has 6 heteroatoms. The Morgan fingerprint density at radius 3 is 2.78 bits per heavy atom. The first kappa shape index (κ1) is 20.2. The van der Waals surface area contributed by atoms with Crippen LogP contribution in [-0.2, 0) is 4.74 Å². The third-order valence-corrected chi connectivity index (χ3v) is 5.25. The SMILES string of the molecule is CCNC(=NCC(c1ccc(C)o1)N1CCCC1)NCCCOCC1CC1. The highest BCUT2D eigenvalue weighted by Crippen LogP contribution is 2.28. The van der Waals surface area contributed by atoms with Crippen LogP contribution in [0, 0.1) is 12.8 Å². The molecule has 2 fully saturated rings. The molecule has 6 nitrogen and oxygen atoms in total. The van der Waals surface area contributed by atoms with E-state index in [1.807, 2.05) is 13.0 Å². The fourth-order valence-corrected chi connectivity index (χ4v) is 3.51. The van der Waals surface area contributed by atoms with Crippen molar-refractivity contribution in [3.8, 4) is 0 Å². The Morgan fingerprint density at radius 1 is 1.30 bits per heavy atom. The largest absolute Gasteiger partial charge is 0.465 e. The van der Waals surface area contributed by atoms with Gasteiger partial charge in [-0.15, -0.1) is 0 Å². The minimum absolute atomic E-state index is 0.221. The van der Waals surface area contributed by atoms with E-state index in [0.717, 1.165) is 69.2 Å². The third kappa shape index (κ3) is 6.85. The van der Waals surface area contributed by atoms with E-state index in [-0.39, 0.29) is 6.04 Å². The standard InChI is InChI=1S/C21H36N4O2/c1-3-22-21(23-11-6-14-26-16-18-8-9-18)24-15-19(25-12-4-5-13-25)20-10-7-17(2)27-20/h7,10,18-19H,3-6,8-9,11-16H2,1-2H3,(H2,22,23,24). The summed E-state index contributed by atoms with van der Waals surface area (Å²) in [7, 11) is 0. The number of rotatable bonds is 11. The van der Waals surface area contributed by atoms with Gasteiger partial charge < -0.3 is 19.8 Å². The van der Waals surface area contributed by atoms with E-state index in [0.29, 0.717) is 6.54 Å². The lowest BCUT2D eigenvalue weighted by Crippen LogP contribution is -2.39. The zero-order chi connectivity index (χ0) is 18.9. The number of guanidine groups is 1. The summed E-state index contributed by atoms with van der Waals surface area (Å²) in [5, 5.41) is 6.79. The molecule has 1 aliphatic heterocycles. The fourth-order valence-electron chi connectivity index (χ4n) is 3.51. The summed E-state index contributed by atoms with van der Waals surface area (Å²) in [6.45, 7) is 10.6. The molecule has 152 valence electrons. The quantitative estimate of drug-likeness (QED) is 0.353. The predicted molar refractivity (Wildman–Crippen MR) is 109 cm³/mol. The van der Waals surface area contributed by atoms with Gasteiger partial charge in [0, 0.05) is 26.3 Å². The van der Waals surface area contributed by atoms with Crippen LogP contribution in [0.1, 0.15) is 56.6 Å². The number of likely N-dealkylation sites (tertiary alicyclic amines) is 1. The van der Waals surface area contributed by atoms with Crippen molar-refractivity contribution < 1.29 is 9.15 Å². The molecule has 1 unspecified atom stereocenters. The van der Waals surface area contributed by atoms with Crippen LogP contribution in [0.15, 0.2) is 21.5 Å². The molecule has 2 N–H and O–H groups in total. The highest BCUT2D eigenvalue weighted by Gasteiger charge is 2.26. The average Bonchev–Trinajstić information content (AvgIpc) is 3.13. The Morgan fingerprint density at radius 2 is 2.11 bits per heavy atom. The van der Waals surface area contributed by atoms with Crippen molar-refractivity contribution in [1.29, 1.82) is 0 Å². The molecule has 0 amide bonds. The zero-order valence-electron chi connectivity index (χ0n) is 17.0. The van der Waals surface area contributed by atoms with Gasteiger partial charge in [-0.1, -0.05) is 0 Å². The monoisotopic (exact) mass is 376 g/mol. The van der Waals surface area contributed by atoms with Gasteiger partial charge in [0.25, 0.3) is 0 Å². The minimum atomic E-state index is 0.221. The van der Waals surface area contributed by atoms with Crippen LogP contribution in [0.2, 0.25) is 0 Å². The van der Waals surface area contributed by atoms with Crippen LogP contribution < -0.4 is 10.6 Å². The van der Waals surface area contributed by atoms with Crippen LogP contribution in [0.3, 0.4) is 0 Å². The summed E-state index contributed by atoms with van der Waals surface area (Å²) in [5.41, 5.74) is 0. The first-order valence-corrected chi connectivity index (χ1v) is 10.7. The van der Waals surface area contributed by atoms with E-state index in [4.69, 9.17) is 14.1 Å². The molecule has 3 rings (SSSR count). The summed E-state index contributed by atoms with van der Waals surface area (Å²) in [5.74, 6) is 3.72. The van der Waals surface area contributed by atoms with Gasteiger partial charge in [0.1, 0.15) is 11.5 Å². The topological polar surface area (TPSA) is 62.0 Å². The van der Waals surface area contributed by atoms with E-state index in [1.54, 1.807) is 0 Å². The number of aryl methyl sites for hydroxylation is 1. The molecule has 1 atom stereocenters. The lowest BCUT2D eigenvalue weighted by Gasteiger charge is -2.24. The highest BCUT2D eigenvalue weighted by atomic mass is 16.5. The van der Waals surface area contributed by atoms with Gasteiger partial charge >= 0.3 is 0 Å². The predicted octanol–water partition coefficient (Wildman–Crippen LogP) is 3.10. The lowest BCUT2D eigenvalue weighted by molar-refractivity contribution is 0.123. The Bertz CT molecular complexity index is 576. The normalized spacial score (nSPS) is 19.4. The van der Waals surface area contributed by atoms with Crippen LogP contribution >= 0.6 is 0 Å². The molecule has 0 radical (unpaired) electrons. The number of furan rings is 1. The molecule has 0 aromatic carbocycles. The van der Waals surface area contributed by atoms with Crippen molar-refractivity contribution in [3.05, 3.63) is 23.7 Å². The number of nitrogens with one attached hydrogen (secondary N) is 2. The maximum absolute atomic E-state index is 5.93. The van der Waals surface area contributed by atoms with Crippen molar-refractivity contribution in [2.45, 2.75) is 52.0 Å². The van der Waals surface area contributed by atoms with Gasteiger partial charge in [-0.05, 0) is 77.1 Å².